The topological polar surface area (TPSA) is 93.5 Å². The lowest BCUT2D eigenvalue weighted by Gasteiger charge is -2.22. The van der Waals surface area contributed by atoms with Crippen LogP contribution in [0.15, 0.2) is 24.3 Å². The zero-order chi connectivity index (χ0) is 14.4. The number of rotatable bonds is 5. The summed E-state index contributed by atoms with van der Waals surface area (Å²) in [6.45, 7) is 1.51. The molecule has 0 bridgehead atoms. The van der Waals surface area contributed by atoms with Crippen LogP contribution >= 0.6 is 12.4 Å². The van der Waals surface area contributed by atoms with Crippen LogP contribution in [0.25, 0.3) is 0 Å². The number of ether oxygens (including phenoxy) is 1. The number of nitrogens with two attached hydrogens (primary N) is 1. The first-order valence-electron chi connectivity index (χ1n) is 6.68. The van der Waals surface area contributed by atoms with Crippen molar-refractivity contribution in [1.82, 2.24) is 5.32 Å². The van der Waals surface area contributed by atoms with E-state index in [0.717, 1.165) is 19.4 Å². The van der Waals surface area contributed by atoms with Gasteiger partial charge in [0.15, 0.2) is 6.61 Å². The summed E-state index contributed by atoms with van der Waals surface area (Å²) in [7, 11) is 0. The van der Waals surface area contributed by atoms with Gasteiger partial charge in [-0.15, -0.1) is 12.4 Å². The van der Waals surface area contributed by atoms with Crippen LogP contribution in [0.5, 0.6) is 5.75 Å². The van der Waals surface area contributed by atoms with Crippen molar-refractivity contribution in [3.05, 3.63) is 24.3 Å². The third-order valence-corrected chi connectivity index (χ3v) is 3.15. The standard InChI is InChI=1S/C14H19N3O3.ClH/c15-13(18)9-20-12-5-1-4-11(7-12)17-14(19)10-3-2-6-16-8-10;/h1,4-5,7,10,16H,2-3,6,8-9H2,(H2,15,18)(H,17,19);1H. The maximum Gasteiger partial charge on any atom is 0.255 e. The maximum atomic E-state index is 12.1. The second-order valence-corrected chi connectivity index (χ2v) is 4.82. The van der Waals surface area contributed by atoms with E-state index in [0.29, 0.717) is 18.0 Å². The average molecular weight is 314 g/mol. The zero-order valence-corrected chi connectivity index (χ0v) is 12.4. The fourth-order valence-electron chi connectivity index (χ4n) is 2.14. The number of benzene rings is 1. The minimum atomic E-state index is -0.535. The number of anilines is 1. The average Bonchev–Trinajstić information content (AvgIpc) is 2.46. The Kier molecular flexibility index (Phi) is 6.98. The van der Waals surface area contributed by atoms with Crippen LogP contribution in [-0.4, -0.2) is 31.5 Å². The highest BCUT2D eigenvalue weighted by Gasteiger charge is 2.20. The second kappa shape index (κ2) is 8.49. The van der Waals surface area contributed by atoms with Crippen molar-refractivity contribution >= 4 is 29.9 Å². The summed E-state index contributed by atoms with van der Waals surface area (Å²) in [6, 6.07) is 6.92. The van der Waals surface area contributed by atoms with Crippen LogP contribution in [0.2, 0.25) is 0 Å². The number of carbonyl (C=O) groups is 2. The van der Waals surface area contributed by atoms with Gasteiger partial charge in [0.2, 0.25) is 5.91 Å². The molecule has 4 N–H and O–H groups in total. The van der Waals surface area contributed by atoms with Gasteiger partial charge < -0.3 is 21.1 Å². The number of primary amides is 1. The highest BCUT2D eigenvalue weighted by Crippen LogP contribution is 2.19. The Morgan fingerprint density at radius 1 is 1.43 bits per heavy atom. The first kappa shape index (κ1) is 17.3. The smallest absolute Gasteiger partial charge is 0.255 e. The van der Waals surface area contributed by atoms with Gasteiger partial charge in [-0.3, -0.25) is 9.59 Å². The third-order valence-electron chi connectivity index (χ3n) is 3.15. The summed E-state index contributed by atoms with van der Waals surface area (Å²) >= 11 is 0. The fourth-order valence-corrected chi connectivity index (χ4v) is 2.14. The van der Waals surface area contributed by atoms with Crippen molar-refractivity contribution in [2.24, 2.45) is 11.7 Å². The molecule has 0 spiro atoms. The third kappa shape index (κ3) is 5.61. The van der Waals surface area contributed by atoms with Gasteiger partial charge in [0.25, 0.3) is 5.91 Å². The molecule has 0 aromatic heterocycles. The SMILES string of the molecule is Cl.NC(=O)COc1cccc(NC(=O)C2CCCNC2)c1. The second-order valence-electron chi connectivity index (χ2n) is 4.82. The van der Waals surface area contributed by atoms with Crippen LogP contribution in [0, 0.1) is 5.92 Å². The molecular formula is C14H20ClN3O3. The van der Waals surface area contributed by atoms with Crippen LogP contribution in [0.1, 0.15) is 12.8 Å². The molecule has 1 unspecified atom stereocenters. The quantitative estimate of drug-likeness (QED) is 0.753. The van der Waals surface area contributed by atoms with E-state index in [1.54, 1.807) is 24.3 Å². The summed E-state index contributed by atoms with van der Waals surface area (Å²) in [5.74, 6) is -0.0284. The lowest BCUT2D eigenvalue weighted by molar-refractivity contribution is -0.121. The molecule has 2 amide bonds. The van der Waals surface area contributed by atoms with Crippen molar-refractivity contribution in [1.29, 1.82) is 0 Å². The van der Waals surface area contributed by atoms with Crippen molar-refractivity contribution in [2.45, 2.75) is 12.8 Å². The van der Waals surface area contributed by atoms with Gasteiger partial charge in [-0.1, -0.05) is 6.07 Å². The van der Waals surface area contributed by atoms with Crippen LogP contribution in [-0.2, 0) is 9.59 Å². The molecule has 21 heavy (non-hydrogen) atoms. The number of hydrogen-bond acceptors (Lipinski definition) is 4. The van der Waals surface area contributed by atoms with Gasteiger partial charge in [-0.2, -0.15) is 0 Å². The molecule has 2 rings (SSSR count). The molecule has 1 saturated heterocycles. The predicted octanol–water partition coefficient (Wildman–Crippen LogP) is 0.911. The number of nitrogens with one attached hydrogen (secondary N) is 2. The number of amides is 2. The molecule has 1 atom stereocenters. The lowest BCUT2D eigenvalue weighted by Crippen LogP contribution is -2.37. The van der Waals surface area contributed by atoms with E-state index < -0.39 is 5.91 Å². The van der Waals surface area contributed by atoms with E-state index in [4.69, 9.17) is 10.5 Å². The molecule has 0 aliphatic carbocycles. The molecule has 1 fully saturated rings. The molecule has 1 aliphatic rings. The van der Waals surface area contributed by atoms with Crippen molar-refractivity contribution < 1.29 is 14.3 Å². The van der Waals surface area contributed by atoms with Gasteiger partial charge in [0.1, 0.15) is 5.75 Å². The molecule has 1 aliphatic heterocycles. The first-order chi connectivity index (χ1) is 9.65. The number of hydrogen-bond donors (Lipinski definition) is 3. The van der Waals surface area contributed by atoms with Crippen molar-refractivity contribution in [2.75, 3.05) is 25.0 Å². The summed E-state index contributed by atoms with van der Waals surface area (Å²) in [4.78, 5) is 22.7. The van der Waals surface area contributed by atoms with Crippen molar-refractivity contribution in [3.8, 4) is 5.75 Å². The highest BCUT2D eigenvalue weighted by atomic mass is 35.5. The number of carbonyl (C=O) groups excluding carboxylic acids is 2. The molecule has 7 heteroatoms. The Hall–Kier alpha value is -1.79. The van der Waals surface area contributed by atoms with Crippen LogP contribution in [0.4, 0.5) is 5.69 Å². The normalized spacial score (nSPS) is 17.4. The monoisotopic (exact) mass is 313 g/mol. The van der Waals surface area contributed by atoms with E-state index in [9.17, 15) is 9.59 Å². The molecule has 1 heterocycles. The van der Waals surface area contributed by atoms with Gasteiger partial charge in [0, 0.05) is 18.3 Å². The minimum Gasteiger partial charge on any atom is -0.484 e. The molecule has 0 saturated carbocycles. The Morgan fingerprint density at radius 3 is 2.90 bits per heavy atom. The summed E-state index contributed by atoms with van der Waals surface area (Å²) in [5.41, 5.74) is 5.67. The van der Waals surface area contributed by atoms with Gasteiger partial charge >= 0.3 is 0 Å². The van der Waals surface area contributed by atoms with Gasteiger partial charge in [-0.25, -0.2) is 0 Å². The Balaban J connectivity index is 0.00000220. The molecule has 1 aromatic carbocycles. The maximum absolute atomic E-state index is 12.1. The zero-order valence-electron chi connectivity index (χ0n) is 11.6. The molecule has 6 nitrogen and oxygen atoms in total. The van der Waals surface area contributed by atoms with E-state index in [1.807, 2.05) is 0 Å². The molecule has 116 valence electrons. The van der Waals surface area contributed by atoms with Gasteiger partial charge in [0.05, 0.1) is 5.92 Å². The van der Waals surface area contributed by atoms with Crippen molar-refractivity contribution in [3.63, 3.8) is 0 Å². The van der Waals surface area contributed by atoms with Crippen LogP contribution < -0.4 is 21.1 Å². The predicted molar refractivity (Wildman–Crippen MR) is 82.6 cm³/mol. The van der Waals surface area contributed by atoms with E-state index in [-0.39, 0.29) is 30.8 Å². The number of piperidine rings is 1. The lowest BCUT2D eigenvalue weighted by atomic mass is 9.99. The Bertz CT molecular complexity index is 490. The highest BCUT2D eigenvalue weighted by molar-refractivity contribution is 5.93. The molecule has 1 aromatic rings. The first-order valence-corrected chi connectivity index (χ1v) is 6.68. The summed E-state index contributed by atoms with van der Waals surface area (Å²) < 4.78 is 5.20. The number of halogens is 1. The van der Waals surface area contributed by atoms with E-state index in [1.165, 1.54) is 0 Å². The fraction of sp³-hybridized carbons (Fsp3) is 0.429. The largest absolute Gasteiger partial charge is 0.484 e. The van der Waals surface area contributed by atoms with Gasteiger partial charge in [-0.05, 0) is 31.5 Å². The van der Waals surface area contributed by atoms with E-state index >= 15 is 0 Å². The molecular weight excluding hydrogens is 294 g/mol. The Labute approximate surface area is 129 Å². The van der Waals surface area contributed by atoms with E-state index in [2.05, 4.69) is 10.6 Å². The molecule has 0 radical (unpaired) electrons. The minimum absolute atomic E-state index is 0. The Morgan fingerprint density at radius 2 is 2.24 bits per heavy atom. The van der Waals surface area contributed by atoms with Crippen LogP contribution in [0.3, 0.4) is 0 Å². The summed E-state index contributed by atoms with van der Waals surface area (Å²) in [6.07, 6.45) is 1.91. The summed E-state index contributed by atoms with van der Waals surface area (Å²) in [5, 5.41) is 6.07.